The Morgan fingerprint density at radius 2 is 1.86 bits per heavy atom. The number of carbonyl (C=O) groups is 1. The van der Waals surface area contributed by atoms with Gasteiger partial charge in [0.2, 0.25) is 15.9 Å². The minimum atomic E-state index is -3.58. The molecular formula is C21H26N2O5S. The Morgan fingerprint density at radius 1 is 1.21 bits per heavy atom. The van der Waals surface area contributed by atoms with Crippen LogP contribution in [0.4, 0.5) is 0 Å². The van der Waals surface area contributed by atoms with Gasteiger partial charge < -0.3 is 15.6 Å². The van der Waals surface area contributed by atoms with Gasteiger partial charge in [-0.2, -0.15) is 0 Å². The lowest BCUT2D eigenvalue weighted by atomic mass is 9.82. The maximum Gasteiger partial charge on any atom is 0.249 e. The third kappa shape index (κ3) is 4.35. The summed E-state index contributed by atoms with van der Waals surface area (Å²) >= 11 is 0. The van der Waals surface area contributed by atoms with Gasteiger partial charge in [-0.05, 0) is 36.6 Å². The maximum atomic E-state index is 12.3. The zero-order valence-corrected chi connectivity index (χ0v) is 17.3. The van der Waals surface area contributed by atoms with Crippen molar-refractivity contribution in [2.24, 2.45) is 5.73 Å². The molecule has 0 spiro atoms. The summed E-state index contributed by atoms with van der Waals surface area (Å²) in [7, 11) is -3.58. The van der Waals surface area contributed by atoms with Gasteiger partial charge in [0.25, 0.3) is 0 Å². The highest BCUT2D eigenvalue weighted by Crippen LogP contribution is 2.34. The first-order chi connectivity index (χ1) is 13.6. The van der Waals surface area contributed by atoms with Crippen molar-refractivity contribution in [1.29, 1.82) is 0 Å². The predicted octanol–water partition coefficient (Wildman–Crippen LogP) is 1.76. The van der Waals surface area contributed by atoms with Crippen LogP contribution >= 0.6 is 0 Å². The number of benzene rings is 2. The standard InChI is InChI=1S/C21H26N2O5S/c1-14(2)29(26,27)23-19-13-28-12-11-21(19,25)16-9-7-15(8-10-16)17-5-3-4-6-18(17)20(22)24/h3-10,14,19,23,25H,11-13H2,1-2H3,(H2,22,24). The molecule has 4 N–H and O–H groups in total. The minimum Gasteiger partial charge on any atom is -0.383 e. The molecular weight excluding hydrogens is 392 g/mol. The van der Waals surface area contributed by atoms with E-state index in [2.05, 4.69) is 4.72 Å². The second-order valence-electron chi connectivity index (χ2n) is 7.50. The van der Waals surface area contributed by atoms with Gasteiger partial charge in [-0.25, -0.2) is 13.1 Å². The van der Waals surface area contributed by atoms with Crippen LogP contribution in [-0.4, -0.2) is 43.9 Å². The van der Waals surface area contributed by atoms with Crippen molar-refractivity contribution in [3.05, 3.63) is 59.7 Å². The van der Waals surface area contributed by atoms with Gasteiger partial charge in [0.05, 0.1) is 17.9 Å². The van der Waals surface area contributed by atoms with Crippen LogP contribution in [-0.2, 0) is 20.4 Å². The van der Waals surface area contributed by atoms with Gasteiger partial charge >= 0.3 is 0 Å². The number of primary amides is 1. The molecule has 0 bridgehead atoms. The normalized spacial score (nSPS) is 22.6. The van der Waals surface area contributed by atoms with Crippen LogP contribution in [0.25, 0.3) is 11.1 Å². The third-order valence-electron chi connectivity index (χ3n) is 5.30. The summed E-state index contributed by atoms with van der Waals surface area (Å²) in [6.45, 7) is 3.56. The first-order valence-electron chi connectivity index (χ1n) is 9.46. The Kier molecular flexibility index (Phi) is 6.09. The molecule has 7 nitrogen and oxygen atoms in total. The van der Waals surface area contributed by atoms with Crippen molar-refractivity contribution in [2.75, 3.05) is 13.2 Å². The topological polar surface area (TPSA) is 119 Å². The SMILES string of the molecule is CC(C)S(=O)(=O)NC1COCCC1(O)c1ccc(-c2ccccc2C(N)=O)cc1. The molecule has 0 aliphatic carbocycles. The molecule has 1 heterocycles. The van der Waals surface area contributed by atoms with Crippen LogP contribution in [0.1, 0.15) is 36.2 Å². The molecule has 0 aromatic heterocycles. The average Bonchev–Trinajstić information content (AvgIpc) is 2.69. The largest absolute Gasteiger partial charge is 0.383 e. The molecule has 0 saturated carbocycles. The molecule has 156 valence electrons. The Morgan fingerprint density at radius 3 is 2.48 bits per heavy atom. The van der Waals surface area contributed by atoms with Crippen molar-refractivity contribution in [3.8, 4) is 11.1 Å². The van der Waals surface area contributed by atoms with E-state index in [-0.39, 0.29) is 13.0 Å². The molecule has 2 atom stereocenters. The molecule has 8 heteroatoms. The molecule has 1 saturated heterocycles. The quantitative estimate of drug-likeness (QED) is 0.660. The molecule has 29 heavy (non-hydrogen) atoms. The number of nitrogens with two attached hydrogens (primary N) is 1. The van der Waals surface area contributed by atoms with Crippen molar-refractivity contribution in [3.63, 3.8) is 0 Å². The van der Waals surface area contributed by atoms with Crippen LogP contribution in [0.2, 0.25) is 0 Å². The van der Waals surface area contributed by atoms with Gasteiger partial charge in [0.1, 0.15) is 5.60 Å². The van der Waals surface area contributed by atoms with E-state index in [1.54, 1.807) is 56.3 Å². The number of hydrogen-bond acceptors (Lipinski definition) is 5. The highest BCUT2D eigenvalue weighted by Gasteiger charge is 2.43. The van der Waals surface area contributed by atoms with Crippen LogP contribution in [0.5, 0.6) is 0 Å². The van der Waals surface area contributed by atoms with E-state index >= 15 is 0 Å². The summed E-state index contributed by atoms with van der Waals surface area (Å²) in [5.74, 6) is -0.518. The van der Waals surface area contributed by atoms with E-state index in [0.29, 0.717) is 23.3 Å². The van der Waals surface area contributed by atoms with Crippen molar-refractivity contribution in [1.82, 2.24) is 4.72 Å². The molecule has 1 amide bonds. The van der Waals surface area contributed by atoms with E-state index in [4.69, 9.17) is 10.5 Å². The second-order valence-corrected chi connectivity index (χ2v) is 9.77. The number of nitrogens with one attached hydrogen (secondary N) is 1. The fourth-order valence-electron chi connectivity index (χ4n) is 3.44. The molecule has 1 aliphatic rings. The molecule has 1 aliphatic heterocycles. The number of hydrogen-bond donors (Lipinski definition) is 3. The monoisotopic (exact) mass is 418 g/mol. The van der Waals surface area contributed by atoms with Crippen LogP contribution < -0.4 is 10.5 Å². The van der Waals surface area contributed by atoms with E-state index in [9.17, 15) is 18.3 Å². The fourth-order valence-corrected chi connectivity index (χ4v) is 4.37. The molecule has 2 aromatic rings. The minimum absolute atomic E-state index is 0.0781. The molecule has 2 aromatic carbocycles. The lowest BCUT2D eigenvalue weighted by molar-refractivity contribution is -0.0898. The number of amides is 1. The van der Waals surface area contributed by atoms with Crippen molar-refractivity contribution in [2.45, 2.75) is 37.2 Å². The van der Waals surface area contributed by atoms with Gasteiger partial charge in [0, 0.05) is 18.6 Å². The van der Waals surface area contributed by atoms with Crippen LogP contribution in [0.15, 0.2) is 48.5 Å². The highest BCUT2D eigenvalue weighted by molar-refractivity contribution is 7.90. The van der Waals surface area contributed by atoms with Gasteiger partial charge in [-0.1, -0.05) is 42.5 Å². The van der Waals surface area contributed by atoms with Crippen molar-refractivity contribution < 1.29 is 23.1 Å². The molecule has 3 rings (SSSR count). The number of aliphatic hydroxyl groups is 1. The van der Waals surface area contributed by atoms with Gasteiger partial charge in [-0.15, -0.1) is 0 Å². The smallest absolute Gasteiger partial charge is 0.249 e. The van der Waals surface area contributed by atoms with Gasteiger partial charge in [-0.3, -0.25) is 4.79 Å². The zero-order chi connectivity index (χ0) is 21.2. The van der Waals surface area contributed by atoms with Crippen molar-refractivity contribution >= 4 is 15.9 Å². The zero-order valence-electron chi connectivity index (χ0n) is 16.5. The first-order valence-corrected chi connectivity index (χ1v) is 11.0. The lowest BCUT2D eigenvalue weighted by Gasteiger charge is -2.40. The van der Waals surface area contributed by atoms with E-state index in [1.165, 1.54) is 0 Å². The first kappa shape index (κ1) is 21.4. The highest BCUT2D eigenvalue weighted by atomic mass is 32.2. The van der Waals surface area contributed by atoms with E-state index in [1.807, 2.05) is 6.07 Å². The second kappa shape index (κ2) is 8.23. The fraction of sp³-hybridized carbons (Fsp3) is 0.381. The number of carbonyl (C=O) groups excluding carboxylic acids is 1. The third-order valence-corrected chi connectivity index (χ3v) is 7.16. The van der Waals surface area contributed by atoms with E-state index in [0.717, 1.165) is 5.56 Å². The molecule has 2 unspecified atom stereocenters. The molecule has 1 fully saturated rings. The molecule has 0 radical (unpaired) electrons. The summed E-state index contributed by atoms with van der Waals surface area (Å²) in [4.78, 5) is 11.7. The predicted molar refractivity (Wildman–Crippen MR) is 111 cm³/mol. The van der Waals surface area contributed by atoms with Crippen LogP contribution in [0.3, 0.4) is 0 Å². The summed E-state index contributed by atoms with van der Waals surface area (Å²) < 4.78 is 32.7. The van der Waals surface area contributed by atoms with Gasteiger partial charge in [0.15, 0.2) is 0 Å². The van der Waals surface area contributed by atoms with Crippen LogP contribution in [0, 0.1) is 0 Å². The van der Waals surface area contributed by atoms with E-state index < -0.39 is 32.8 Å². The Labute approximate surface area is 170 Å². The summed E-state index contributed by atoms with van der Waals surface area (Å²) in [6, 6.07) is 13.3. The maximum absolute atomic E-state index is 12.3. The summed E-state index contributed by atoms with van der Waals surface area (Å²) in [6.07, 6.45) is 0.259. The summed E-state index contributed by atoms with van der Waals surface area (Å²) in [5.41, 5.74) is 6.53. The number of ether oxygens (including phenoxy) is 1. The lowest BCUT2D eigenvalue weighted by Crippen LogP contribution is -2.57. The summed E-state index contributed by atoms with van der Waals surface area (Å²) in [5, 5.41) is 10.7. The average molecular weight is 419 g/mol. The Hall–Kier alpha value is -2.26. The number of rotatable bonds is 6. The Bertz CT molecular complexity index is 988. The Balaban J connectivity index is 1.94. The number of sulfonamides is 1.